The molecule has 0 atom stereocenters. The second-order valence-corrected chi connectivity index (χ2v) is 6.54. The largest absolute Gasteiger partial charge is 0.374 e. The molecule has 0 aliphatic carbocycles. The molecule has 2 aromatic rings. The van der Waals surface area contributed by atoms with Gasteiger partial charge in [-0.15, -0.1) is 0 Å². The Labute approximate surface area is 155 Å². The molecule has 0 radical (unpaired) electrons. The lowest BCUT2D eigenvalue weighted by molar-refractivity contribution is 0.0657. The van der Waals surface area contributed by atoms with E-state index in [0.29, 0.717) is 31.2 Å². The van der Waals surface area contributed by atoms with Crippen LogP contribution in [0.3, 0.4) is 0 Å². The van der Waals surface area contributed by atoms with Gasteiger partial charge in [-0.05, 0) is 49.1 Å². The predicted octanol–water partition coefficient (Wildman–Crippen LogP) is 3.92. The van der Waals surface area contributed by atoms with Crippen LogP contribution in [0.15, 0.2) is 47.5 Å². The van der Waals surface area contributed by atoms with Crippen LogP contribution < -0.4 is 10.6 Å². The van der Waals surface area contributed by atoms with Crippen LogP contribution >= 0.6 is 0 Å². The SMILES string of the molecule is CN=C(NCc1cccc(COC(C)C)c1)NCc1ccc(C)c(F)c1. The van der Waals surface area contributed by atoms with Crippen LogP contribution in [0.25, 0.3) is 0 Å². The predicted molar refractivity (Wildman–Crippen MR) is 105 cm³/mol. The number of aliphatic imine (C=N–C) groups is 1. The molecule has 0 spiro atoms. The Morgan fingerprint density at radius 1 is 1.04 bits per heavy atom. The van der Waals surface area contributed by atoms with Crippen molar-refractivity contribution in [2.75, 3.05) is 7.05 Å². The van der Waals surface area contributed by atoms with Gasteiger partial charge in [0.15, 0.2) is 5.96 Å². The van der Waals surface area contributed by atoms with Crippen LogP contribution in [0.4, 0.5) is 4.39 Å². The molecular weight excluding hydrogens is 329 g/mol. The Kier molecular flexibility index (Phi) is 7.60. The minimum atomic E-state index is -0.187. The number of nitrogens with zero attached hydrogens (tertiary/aromatic N) is 1. The van der Waals surface area contributed by atoms with E-state index in [1.54, 1.807) is 26.1 Å². The van der Waals surface area contributed by atoms with E-state index in [0.717, 1.165) is 16.7 Å². The number of rotatable bonds is 7. The molecule has 0 saturated heterocycles. The third kappa shape index (κ3) is 6.48. The lowest BCUT2D eigenvalue weighted by Gasteiger charge is -2.13. The first-order chi connectivity index (χ1) is 12.5. The monoisotopic (exact) mass is 357 g/mol. The van der Waals surface area contributed by atoms with Crippen molar-refractivity contribution in [1.29, 1.82) is 0 Å². The third-order valence-electron chi connectivity index (χ3n) is 3.95. The van der Waals surface area contributed by atoms with Gasteiger partial charge in [-0.2, -0.15) is 0 Å². The molecule has 0 amide bonds. The van der Waals surface area contributed by atoms with Gasteiger partial charge >= 0.3 is 0 Å². The summed E-state index contributed by atoms with van der Waals surface area (Å²) in [4.78, 5) is 4.22. The maximum atomic E-state index is 13.6. The summed E-state index contributed by atoms with van der Waals surface area (Å²) in [5.41, 5.74) is 3.83. The zero-order valence-electron chi connectivity index (χ0n) is 16.0. The van der Waals surface area contributed by atoms with E-state index < -0.39 is 0 Å². The van der Waals surface area contributed by atoms with E-state index in [4.69, 9.17) is 4.74 Å². The van der Waals surface area contributed by atoms with Crippen molar-refractivity contribution in [1.82, 2.24) is 10.6 Å². The molecule has 0 saturated carbocycles. The average molecular weight is 357 g/mol. The zero-order valence-corrected chi connectivity index (χ0v) is 16.0. The number of hydrogen-bond acceptors (Lipinski definition) is 2. The topological polar surface area (TPSA) is 45.7 Å². The Morgan fingerprint density at radius 3 is 2.31 bits per heavy atom. The molecule has 26 heavy (non-hydrogen) atoms. The van der Waals surface area contributed by atoms with Gasteiger partial charge in [-0.3, -0.25) is 4.99 Å². The van der Waals surface area contributed by atoms with Gasteiger partial charge in [0, 0.05) is 20.1 Å². The number of guanidine groups is 1. The van der Waals surface area contributed by atoms with Crippen LogP contribution in [0.1, 0.15) is 36.1 Å². The molecule has 140 valence electrons. The van der Waals surface area contributed by atoms with Crippen LogP contribution in [-0.4, -0.2) is 19.1 Å². The van der Waals surface area contributed by atoms with Crippen molar-refractivity contribution in [3.63, 3.8) is 0 Å². The van der Waals surface area contributed by atoms with E-state index in [1.807, 2.05) is 26.0 Å². The lowest BCUT2D eigenvalue weighted by Crippen LogP contribution is -2.36. The summed E-state index contributed by atoms with van der Waals surface area (Å²) in [7, 11) is 1.72. The Bertz CT molecular complexity index is 744. The smallest absolute Gasteiger partial charge is 0.191 e. The highest BCUT2D eigenvalue weighted by molar-refractivity contribution is 5.79. The van der Waals surface area contributed by atoms with Crippen molar-refractivity contribution in [3.8, 4) is 0 Å². The molecule has 0 aliphatic rings. The van der Waals surface area contributed by atoms with E-state index in [1.165, 1.54) is 0 Å². The molecule has 5 heteroatoms. The number of benzene rings is 2. The van der Waals surface area contributed by atoms with E-state index in [-0.39, 0.29) is 11.9 Å². The first kappa shape index (κ1) is 19.9. The maximum Gasteiger partial charge on any atom is 0.191 e. The van der Waals surface area contributed by atoms with Gasteiger partial charge in [0.1, 0.15) is 5.82 Å². The second-order valence-electron chi connectivity index (χ2n) is 6.54. The standard InChI is InChI=1S/C21H28FN3O/c1-15(2)26-14-19-7-5-6-17(10-19)12-24-21(23-4)25-13-18-9-8-16(3)20(22)11-18/h5-11,15H,12-14H2,1-4H3,(H2,23,24,25). The van der Waals surface area contributed by atoms with Crippen LogP contribution in [0, 0.1) is 12.7 Å². The van der Waals surface area contributed by atoms with Gasteiger partial charge < -0.3 is 15.4 Å². The fraction of sp³-hybridized carbons (Fsp3) is 0.381. The minimum Gasteiger partial charge on any atom is -0.374 e. The molecule has 4 nitrogen and oxygen atoms in total. The van der Waals surface area contributed by atoms with Crippen molar-refractivity contribution < 1.29 is 9.13 Å². The molecule has 0 fully saturated rings. The summed E-state index contributed by atoms with van der Waals surface area (Å²) >= 11 is 0. The average Bonchev–Trinajstić information content (AvgIpc) is 2.63. The third-order valence-corrected chi connectivity index (χ3v) is 3.95. The summed E-state index contributed by atoms with van der Waals surface area (Å²) in [5, 5.41) is 6.48. The molecule has 0 aromatic heterocycles. The highest BCUT2D eigenvalue weighted by Crippen LogP contribution is 2.09. The van der Waals surface area contributed by atoms with Gasteiger partial charge in [0.2, 0.25) is 0 Å². The molecule has 2 N–H and O–H groups in total. The van der Waals surface area contributed by atoms with E-state index in [9.17, 15) is 4.39 Å². The van der Waals surface area contributed by atoms with Gasteiger partial charge in [0.05, 0.1) is 12.7 Å². The first-order valence-corrected chi connectivity index (χ1v) is 8.87. The Balaban J connectivity index is 1.86. The number of nitrogens with one attached hydrogen (secondary N) is 2. The van der Waals surface area contributed by atoms with Crippen molar-refractivity contribution in [2.45, 2.75) is 46.6 Å². The fourth-order valence-corrected chi connectivity index (χ4v) is 2.43. The van der Waals surface area contributed by atoms with E-state index in [2.05, 4.69) is 33.8 Å². The van der Waals surface area contributed by atoms with Crippen LogP contribution in [-0.2, 0) is 24.4 Å². The zero-order chi connectivity index (χ0) is 18.9. The van der Waals surface area contributed by atoms with Gasteiger partial charge in [-0.25, -0.2) is 4.39 Å². The molecule has 0 heterocycles. The Hall–Kier alpha value is -2.40. The number of aryl methyl sites for hydroxylation is 1. The van der Waals surface area contributed by atoms with Crippen LogP contribution in [0.2, 0.25) is 0 Å². The van der Waals surface area contributed by atoms with Gasteiger partial charge in [-0.1, -0.05) is 36.4 Å². The molecule has 0 bridgehead atoms. The summed E-state index contributed by atoms with van der Waals surface area (Å²) in [6.07, 6.45) is 0.214. The highest BCUT2D eigenvalue weighted by atomic mass is 19.1. The molecule has 0 unspecified atom stereocenters. The normalized spacial score (nSPS) is 11.7. The summed E-state index contributed by atoms with van der Waals surface area (Å²) in [5.74, 6) is 0.488. The van der Waals surface area contributed by atoms with Crippen molar-refractivity contribution in [3.05, 3.63) is 70.5 Å². The van der Waals surface area contributed by atoms with Crippen molar-refractivity contribution in [2.24, 2.45) is 4.99 Å². The molecular formula is C21H28FN3O. The first-order valence-electron chi connectivity index (χ1n) is 8.87. The summed E-state index contributed by atoms with van der Waals surface area (Å²) in [6, 6.07) is 13.5. The second kappa shape index (κ2) is 9.92. The summed E-state index contributed by atoms with van der Waals surface area (Å²) in [6.45, 7) is 7.59. The van der Waals surface area contributed by atoms with Crippen LogP contribution in [0.5, 0.6) is 0 Å². The van der Waals surface area contributed by atoms with Crippen molar-refractivity contribution >= 4 is 5.96 Å². The molecule has 2 rings (SSSR count). The number of ether oxygens (including phenoxy) is 1. The maximum absolute atomic E-state index is 13.6. The van der Waals surface area contributed by atoms with Gasteiger partial charge in [0.25, 0.3) is 0 Å². The minimum absolute atomic E-state index is 0.187. The Morgan fingerprint density at radius 2 is 1.69 bits per heavy atom. The molecule has 2 aromatic carbocycles. The summed E-state index contributed by atoms with van der Waals surface area (Å²) < 4.78 is 19.3. The lowest BCUT2D eigenvalue weighted by atomic mass is 10.1. The highest BCUT2D eigenvalue weighted by Gasteiger charge is 2.03. The number of hydrogen-bond donors (Lipinski definition) is 2. The van der Waals surface area contributed by atoms with E-state index >= 15 is 0 Å². The molecule has 0 aliphatic heterocycles. The quantitative estimate of drug-likeness (QED) is 0.583. The number of halogens is 1. The fourth-order valence-electron chi connectivity index (χ4n) is 2.43.